The van der Waals surface area contributed by atoms with Crippen molar-refractivity contribution in [3.05, 3.63) is 34.9 Å². The second kappa shape index (κ2) is 3.66. The van der Waals surface area contributed by atoms with E-state index in [4.69, 9.17) is 22.1 Å². The summed E-state index contributed by atoms with van der Waals surface area (Å²) in [5, 5.41) is 0.751. The topological polar surface area (TPSA) is 35.2 Å². The lowest BCUT2D eigenvalue weighted by molar-refractivity contribution is -0.0441. The SMILES string of the molecule is N[C@@H](c1ccc(Cl)cc1)C1COC1. The third-order valence-corrected chi connectivity index (χ3v) is 2.68. The summed E-state index contributed by atoms with van der Waals surface area (Å²) in [5.74, 6) is 0.473. The summed E-state index contributed by atoms with van der Waals surface area (Å²) in [6.45, 7) is 1.56. The van der Waals surface area contributed by atoms with Crippen LogP contribution in [0.4, 0.5) is 0 Å². The summed E-state index contributed by atoms with van der Waals surface area (Å²) >= 11 is 5.78. The molecule has 3 heteroatoms. The molecule has 2 N–H and O–H groups in total. The molecule has 1 aliphatic rings. The summed E-state index contributed by atoms with van der Waals surface area (Å²) in [5.41, 5.74) is 7.16. The highest BCUT2D eigenvalue weighted by Gasteiger charge is 2.26. The van der Waals surface area contributed by atoms with E-state index in [1.807, 2.05) is 24.3 Å². The van der Waals surface area contributed by atoms with Crippen molar-refractivity contribution in [1.29, 1.82) is 0 Å². The van der Waals surface area contributed by atoms with Crippen LogP contribution in [0.5, 0.6) is 0 Å². The predicted octanol–water partition coefficient (Wildman–Crippen LogP) is 1.99. The second-order valence-electron chi connectivity index (χ2n) is 3.37. The number of ether oxygens (including phenoxy) is 1. The average Bonchev–Trinajstić information content (AvgIpc) is 2.02. The van der Waals surface area contributed by atoms with Gasteiger partial charge >= 0.3 is 0 Å². The van der Waals surface area contributed by atoms with Gasteiger partial charge in [0.25, 0.3) is 0 Å². The molecule has 0 aliphatic carbocycles. The van der Waals surface area contributed by atoms with Gasteiger partial charge in [-0.1, -0.05) is 23.7 Å². The van der Waals surface area contributed by atoms with Gasteiger partial charge in [-0.25, -0.2) is 0 Å². The highest BCUT2D eigenvalue weighted by Crippen LogP contribution is 2.26. The summed E-state index contributed by atoms with van der Waals surface area (Å²) < 4.78 is 5.10. The van der Waals surface area contributed by atoms with Crippen LogP contribution in [0.25, 0.3) is 0 Å². The van der Waals surface area contributed by atoms with Gasteiger partial charge in [0.1, 0.15) is 0 Å². The Morgan fingerprint density at radius 3 is 2.38 bits per heavy atom. The molecule has 1 aliphatic heterocycles. The molecular weight excluding hydrogens is 186 g/mol. The average molecular weight is 198 g/mol. The Morgan fingerprint density at radius 1 is 1.31 bits per heavy atom. The molecule has 0 bridgehead atoms. The Hall–Kier alpha value is -0.570. The monoisotopic (exact) mass is 197 g/mol. The highest BCUT2D eigenvalue weighted by atomic mass is 35.5. The standard InChI is InChI=1S/C10H12ClNO/c11-9-3-1-7(2-4-9)10(12)8-5-13-6-8/h1-4,8,10H,5-6,12H2/t10-/m0/s1. The Balaban J connectivity index is 2.10. The van der Waals surface area contributed by atoms with Gasteiger partial charge in [0.05, 0.1) is 13.2 Å². The Bertz CT molecular complexity index is 281. The first kappa shape index (κ1) is 9.00. The van der Waals surface area contributed by atoms with Gasteiger partial charge in [-0.15, -0.1) is 0 Å². The second-order valence-corrected chi connectivity index (χ2v) is 3.81. The first-order valence-electron chi connectivity index (χ1n) is 4.36. The van der Waals surface area contributed by atoms with Crippen molar-refractivity contribution < 1.29 is 4.74 Å². The Kier molecular flexibility index (Phi) is 2.54. The van der Waals surface area contributed by atoms with E-state index in [1.54, 1.807) is 0 Å². The largest absolute Gasteiger partial charge is 0.381 e. The third kappa shape index (κ3) is 1.85. The van der Waals surface area contributed by atoms with Crippen LogP contribution in [0, 0.1) is 5.92 Å². The number of benzene rings is 1. The van der Waals surface area contributed by atoms with Crippen LogP contribution < -0.4 is 5.73 Å². The zero-order valence-corrected chi connectivity index (χ0v) is 8.00. The van der Waals surface area contributed by atoms with E-state index >= 15 is 0 Å². The van der Waals surface area contributed by atoms with Crippen LogP contribution in [0.15, 0.2) is 24.3 Å². The molecule has 1 aromatic carbocycles. The van der Waals surface area contributed by atoms with Gasteiger partial charge in [-0.3, -0.25) is 0 Å². The van der Waals surface area contributed by atoms with Crippen LogP contribution >= 0.6 is 11.6 Å². The molecule has 0 spiro atoms. The van der Waals surface area contributed by atoms with Gasteiger partial charge in [0.2, 0.25) is 0 Å². The quantitative estimate of drug-likeness (QED) is 0.787. The van der Waals surface area contributed by atoms with Crippen LogP contribution in [0.2, 0.25) is 5.02 Å². The zero-order valence-electron chi connectivity index (χ0n) is 7.24. The number of halogens is 1. The summed E-state index contributed by atoms with van der Waals surface area (Å²) in [7, 11) is 0. The van der Waals surface area contributed by atoms with Crippen molar-refractivity contribution in [3.8, 4) is 0 Å². The molecule has 1 atom stereocenters. The number of rotatable bonds is 2. The molecule has 1 aromatic rings. The van der Waals surface area contributed by atoms with Crippen molar-refractivity contribution in [1.82, 2.24) is 0 Å². The molecule has 2 nitrogen and oxygen atoms in total. The van der Waals surface area contributed by atoms with Gasteiger partial charge in [-0.05, 0) is 17.7 Å². The summed E-state index contributed by atoms with van der Waals surface area (Å²) in [6.07, 6.45) is 0. The summed E-state index contributed by atoms with van der Waals surface area (Å²) in [6, 6.07) is 7.79. The van der Waals surface area contributed by atoms with Gasteiger partial charge in [-0.2, -0.15) is 0 Å². The molecule has 1 fully saturated rings. The Morgan fingerprint density at radius 2 is 1.92 bits per heavy atom. The molecule has 70 valence electrons. The van der Waals surface area contributed by atoms with Crippen LogP contribution in [0.1, 0.15) is 11.6 Å². The van der Waals surface area contributed by atoms with Crippen LogP contribution in [0.3, 0.4) is 0 Å². The number of hydrogen-bond donors (Lipinski definition) is 1. The lowest BCUT2D eigenvalue weighted by Crippen LogP contribution is -2.37. The molecule has 0 aromatic heterocycles. The van der Waals surface area contributed by atoms with Gasteiger partial charge < -0.3 is 10.5 Å². The molecule has 0 radical (unpaired) electrons. The fourth-order valence-electron chi connectivity index (χ4n) is 1.42. The highest BCUT2D eigenvalue weighted by molar-refractivity contribution is 6.30. The van der Waals surface area contributed by atoms with Gasteiger partial charge in [0, 0.05) is 17.0 Å². The van der Waals surface area contributed by atoms with E-state index < -0.39 is 0 Å². The van der Waals surface area contributed by atoms with Crippen molar-refractivity contribution in [3.63, 3.8) is 0 Å². The maximum atomic E-state index is 6.03. The maximum Gasteiger partial charge on any atom is 0.0534 e. The first-order chi connectivity index (χ1) is 6.27. The van der Waals surface area contributed by atoms with Crippen molar-refractivity contribution in [2.45, 2.75) is 6.04 Å². The van der Waals surface area contributed by atoms with Crippen molar-refractivity contribution in [2.75, 3.05) is 13.2 Å². The van der Waals surface area contributed by atoms with E-state index in [9.17, 15) is 0 Å². The maximum absolute atomic E-state index is 6.03. The predicted molar refractivity (Wildman–Crippen MR) is 52.7 cm³/mol. The van der Waals surface area contributed by atoms with E-state index in [2.05, 4.69) is 0 Å². The lowest BCUT2D eigenvalue weighted by atomic mass is 9.92. The number of nitrogens with two attached hydrogens (primary N) is 1. The van der Waals surface area contributed by atoms with Crippen molar-refractivity contribution in [2.24, 2.45) is 11.7 Å². The summed E-state index contributed by atoms with van der Waals surface area (Å²) in [4.78, 5) is 0. The molecule has 0 saturated carbocycles. The van der Waals surface area contributed by atoms with E-state index in [1.165, 1.54) is 0 Å². The van der Waals surface area contributed by atoms with E-state index in [-0.39, 0.29) is 6.04 Å². The molecule has 2 rings (SSSR count). The number of hydrogen-bond acceptors (Lipinski definition) is 2. The molecule has 1 heterocycles. The Labute approximate surface area is 82.6 Å². The normalized spacial score (nSPS) is 19.5. The van der Waals surface area contributed by atoms with E-state index in [0.717, 1.165) is 23.8 Å². The minimum Gasteiger partial charge on any atom is -0.381 e. The van der Waals surface area contributed by atoms with Gasteiger partial charge in [0.15, 0.2) is 0 Å². The molecule has 13 heavy (non-hydrogen) atoms. The molecule has 0 unspecified atom stereocenters. The smallest absolute Gasteiger partial charge is 0.0534 e. The lowest BCUT2D eigenvalue weighted by Gasteiger charge is -2.31. The first-order valence-corrected chi connectivity index (χ1v) is 4.74. The fraction of sp³-hybridized carbons (Fsp3) is 0.400. The fourth-order valence-corrected chi connectivity index (χ4v) is 1.54. The van der Waals surface area contributed by atoms with Crippen molar-refractivity contribution >= 4 is 11.6 Å². The molecular formula is C10H12ClNO. The van der Waals surface area contributed by atoms with E-state index in [0.29, 0.717) is 5.92 Å². The minimum atomic E-state index is 0.0889. The zero-order chi connectivity index (χ0) is 9.26. The third-order valence-electron chi connectivity index (χ3n) is 2.43. The van der Waals surface area contributed by atoms with Crippen LogP contribution in [-0.2, 0) is 4.74 Å². The van der Waals surface area contributed by atoms with Crippen LogP contribution in [-0.4, -0.2) is 13.2 Å². The molecule has 0 amide bonds. The molecule has 1 saturated heterocycles. The minimum absolute atomic E-state index is 0.0889.